The third kappa shape index (κ3) is 3.23. The Bertz CT molecular complexity index is 603. The van der Waals surface area contributed by atoms with Crippen molar-refractivity contribution in [3.63, 3.8) is 0 Å². The molecule has 2 rings (SSSR count). The molecule has 0 aromatic heterocycles. The molecule has 0 aliphatic carbocycles. The highest BCUT2D eigenvalue weighted by atomic mass is 79.9. The van der Waals surface area contributed by atoms with E-state index >= 15 is 0 Å². The molecule has 0 aliphatic heterocycles. The average molecular weight is 355 g/mol. The number of benzene rings is 2. The molecule has 0 spiro atoms. The maximum atomic E-state index is 10.6. The molecule has 2 atom stereocenters. The van der Waals surface area contributed by atoms with Gasteiger partial charge in [0.15, 0.2) is 0 Å². The Labute approximate surface area is 132 Å². The lowest BCUT2D eigenvalue weighted by atomic mass is 9.87. The van der Waals surface area contributed by atoms with E-state index in [2.05, 4.69) is 15.9 Å². The Balaban J connectivity index is 2.36. The van der Waals surface area contributed by atoms with E-state index in [1.165, 1.54) is 0 Å². The highest BCUT2D eigenvalue weighted by Crippen LogP contribution is 2.34. The van der Waals surface area contributed by atoms with E-state index in [0.717, 1.165) is 21.2 Å². The van der Waals surface area contributed by atoms with Gasteiger partial charge >= 0.3 is 0 Å². The second kappa shape index (κ2) is 6.72. The predicted octanol–water partition coefficient (Wildman–Crippen LogP) is 4.19. The first kappa shape index (κ1) is 15.5. The van der Waals surface area contributed by atoms with Gasteiger partial charge < -0.3 is 10.8 Å². The molecule has 20 heavy (non-hydrogen) atoms. The van der Waals surface area contributed by atoms with Crippen LogP contribution in [0.2, 0.25) is 5.02 Å². The molecule has 0 bridgehead atoms. The van der Waals surface area contributed by atoms with Crippen molar-refractivity contribution in [1.82, 2.24) is 0 Å². The third-order valence-corrected chi connectivity index (χ3v) is 4.74. The fourth-order valence-electron chi connectivity index (χ4n) is 2.36. The maximum Gasteiger partial charge on any atom is 0.0871 e. The summed E-state index contributed by atoms with van der Waals surface area (Å²) in [6.45, 7) is 2.40. The summed E-state index contributed by atoms with van der Waals surface area (Å²) in [4.78, 5) is 0. The molecule has 2 aromatic rings. The Morgan fingerprint density at radius 3 is 2.55 bits per heavy atom. The minimum atomic E-state index is -0.674. The number of aliphatic hydroxyl groups excluding tert-OH is 1. The molecule has 2 nitrogen and oxygen atoms in total. The molecule has 0 aliphatic rings. The van der Waals surface area contributed by atoms with E-state index in [1.54, 1.807) is 6.07 Å². The van der Waals surface area contributed by atoms with Crippen molar-refractivity contribution in [2.24, 2.45) is 5.73 Å². The van der Waals surface area contributed by atoms with Gasteiger partial charge in [-0.3, -0.25) is 0 Å². The van der Waals surface area contributed by atoms with Gasteiger partial charge in [0.05, 0.1) is 11.1 Å². The summed E-state index contributed by atoms with van der Waals surface area (Å²) >= 11 is 9.44. The summed E-state index contributed by atoms with van der Waals surface area (Å²) in [5.41, 5.74) is 8.85. The Morgan fingerprint density at radius 1 is 1.25 bits per heavy atom. The predicted molar refractivity (Wildman–Crippen MR) is 87.1 cm³/mol. The summed E-state index contributed by atoms with van der Waals surface area (Å²) in [5.74, 6) is -0.145. The minimum Gasteiger partial charge on any atom is -0.388 e. The minimum absolute atomic E-state index is 0.145. The summed E-state index contributed by atoms with van der Waals surface area (Å²) in [6, 6.07) is 13.5. The van der Waals surface area contributed by atoms with E-state index in [9.17, 15) is 5.11 Å². The smallest absolute Gasteiger partial charge is 0.0871 e. The van der Waals surface area contributed by atoms with Crippen LogP contribution in [0.1, 0.15) is 28.7 Å². The summed E-state index contributed by atoms with van der Waals surface area (Å²) in [5, 5.41) is 11.2. The molecule has 0 heterocycles. The SMILES string of the molecule is Cc1ccccc1C(CN)C(O)c1ccc(Br)c(Cl)c1. The van der Waals surface area contributed by atoms with Crippen molar-refractivity contribution in [2.75, 3.05) is 6.54 Å². The van der Waals surface area contributed by atoms with Gasteiger partial charge in [-0.2, -0.15) is 0 Å². The molecule has 0 saturated heterocycles. The van der Waals surface area contributed by atoms with Gasteiger partial charge in [-0.15, -0.1) is 0 Å². The van der Waals surface area contributed by atoms with Crippen LogP contribution in [0.25, 0.3) is 0 Å². The van der Waals surface area contributed by atoms with Crippen LogP contribution in [0.5, 0.6) is 0 Å². The van der Waals surface area contributed by atoms with Crippen molar-refractivity contribution in [3.05, 3.63) is 68.7 Å². The van der Waals surface area contributed by atoms with Gasteiger partial charge in [-0.05, 0) is 51.7 Å². The van der Waals surface area contributed by atoms with E-state index < -0.39 is 6.10 Å². The van der Waals surface area contributed by atoms with Crippen LogP contribution in [-0.2, 0) is 0 Å². The Morgan fingerprint density at radius 2 is 1.95 bits per heavy atom. The molecule has 0 fully saturated rings. The average Bonchev–Trinajstić information content (AvgIpc) is 2.44. The van der Waals surface area contributed by atoms with E-state index in [0.29, 0.717) is 11.6 Å². The number of nitrogens with two attached hydrogens (primary N) is 1. The van der Waals surface area contributed by atoms with Crippen molar-refractivity contribution in [3.8, 4) is 0 Å². The standard InChI is InChI=1S/C16H17BrClNO/c1-10-4-2-3-5-12(10)13(9-19)16(20)11-6-7-14(17)15(18)8-11/h2-8,13,16,20H,9,19H2,1H3. The van der Waals surface area contributed by atoms with Crippen LogP contribution in [0, 0.1) is 6.92 Å². The van der Waals surface area contributed by atoms with Crippen LogP contribution in [0.15, 0.2) is 46.9 Å². The topological polar surface area (TPSA) is 46.2 Å². The molecule has 106 valence electrons. The second-order valence-electron chi connectivity index (χ2n) is 4.82. The molecule has 3 N–H and O–H groups in total. The molecular formula is C16H17BrClNO. The van der Waals surface area contributed by atoms with Crippen LogP contribution in [0.3, 0.4) is 0 Å². The van der Waals surface area contributed by atoms with Crippen molar-refractivity contribution < 1.29 is 5.11 Å². The number of rotatable bonds is 4. The maximum absolute atomic E-state index is 10.6. The normalized spacial score (nSPS) is 14.1. The first-order valence-electron chi connectivity index (χ1n) is 6.43. The lowest BCUT2D eigenvalue weighted by molar-refractivity contribution is 0.147. The largest absolute Gasteiger partial charge is 0.388 e. The molecule has 4 heteroatoms. The lowest BCUT2D eigenvalue weighted by Crippen LogP contribution is -2.21. The van der Waals surface area contributed by atoms with Gasteiger partial charge in [0, 0.05) is 16.9 Å². The van der Waals surface area contributed by atoms with Gasteiger partial charge in [-0.25, -0.2) is 0 Å². The lowest BCUT2D eigenvalue weighted by Gasteiger charge is -2.24. The van der Waals surface area contributed by atoms with Crippen molar-refractivity contribution >= 4 is 27.5 Å². The Hall–Kier alpha value is -0.870. The van der Waals surface area contributed by atoms with E-state index in [1.807, 2.05) is 43.3 Å². The van der Waals surface area contributed by atoms with Gasteiger partial charge in [0.25, 0.3) is 0 Å². The highest BCUT2D eigenvalue weighted by Gasteiger charge is 2.23. The number of aryl methyl sites for hydroxylation is 1. The third-order valence-electron chi connectivity index (χ3n) is 3.51. The molecule has 0 amide bonds. The van der Waals surface area contributed by atoms with Crippen LogP contribution < -0.4 is 5.73 Å². The Kier molecular flexibility index (Phi) is 5.22. The molecule has 0 radical (unpaired) electrons. The first-order valence-corrected chi connectivity index (χ1v) is 7.60. The quantitative estimate of drug-likeness (QED) is 0.865. The highest BCUT2D eigenvalue weighted by molar-refractivity contribution is 9.10. The fraction of sp³-hybridized carbons (Fsp3) is 0.250. The molecule has 2 unspecified atom stereocenters. The van der Waals surface area contributed by atoms with E-state index in [4.69, 9.17) is 17.3 Å². The van der Waals surface area contributed by atoms with Crippen molar-refractivity contribution in [1.29, 1.82) is 0 Å². The summed E-state index contributed by atoms with van der Waals surface area (Å²) in [6.07, 6.45) is -0.674. The van der Waals surface area contributed by atoms with E-state index in [-0.39, 0.29) is 5.92 Å². The summed E-state index contributed by atoms with van der Waals surface area (Å²) in [7, 11) is 0. The number of aliphatic hydroxyl groups is 1. The summed E-state index contributed by atoms with van der Waals surface area (Å²) < 4.78 is 0.815. The molecule has 2 aromatic carbocycles. The monoisotopic (exact) mass is 353 g/mol. The van der Waals surface area contributed by atoms with Crippen molar-refractivity contribution in [2.45, 2.75) is 18.9 Å². The zero-order chi connectivity index (χ0) is 14.7. The second-order valence-corrected chi connectivity index (χ2v) is 6.08. The van der Waals surface area contributed by atoms with Crippen LogP contribution in [0.4, 0.5) is 0 Å². The van der Waals surface area contributed by atoms with Crippen LogP contribution in [-0.4, -0.2) is 11.7 Å². The van der Waals surface area contributed by atoms with Gasteiger partial charge in [0.2, 0.25) is 0 Å². The molecular weight excluding hydrogens is 338 g/mol. The van der Waals surface area contributed by atoms with Gasteiger partial charge in [0.1, 0.15) is 0 Å². The number of halogens is 2. The molecule has 0 saturated carbocycles. The first-order chi connectivity index (χ1) is 9.54. The zero-order valence-electron chi connectivity index (χ0n) is 11.2. The van der Waals surface area contributed by atoms with Crippen LogP contribution >= 0.6 is 27.5 Å². The number of hydrogen-bond donors (Lipinski definition) is 2. The zero-order valence-corrected chi connectivity index (χ0v) is 13.5. The van der Waals surface area contributed by atoms with Gasteiger partial charge in [-0.1, -0.05) is 41.9 Å². The number of hydrogen-bond acceptors (Lipinski definition) is 2. The fourth-order valence-corrected chi connectivity index (χ4v) is 2.79.